The standard InChI is InChI=1S/C36H44N8O5/c1-39-25-34(46)43-32(20-26-10-12-29(45)13-11-26)35(47)41(24-33(43)44(39)36(48)37-21-27-6-3-2-4-7-27)22-28-8-5-9-31-30(28)23-42(38-31)15-14-40-16-18-49-19-17-40/h2-13,23,30-33,38H,14-22,24-25H2,1H3,(H-,37,45,48)/p+1/t30?,31?,32-,33-/m0/s1. The van der Waals surface area contributed by atoms with Crippen LogP contribution in [0.5, 0.6) is 5.75 Å². The molecule has 2 unspecified atom stereocenters. The number of amides is 4. The quantitative estimate of drug-likeness (QED) is 0.335. The number of ether oxygens (including phenoxy) is 1. The number of nitrogens with zero attached hydrogens (tertiary/aromatic N) is 6. The number of hydrazine groups is 2. The summed E-state index contributed by atoms with van der Waals surface area (Å²) in [6, 6.07) is 15.3. The van der Waals surface area contributed by atoms with Crippen molar-refractivity contribution in [1.29, 1.82) is 0 Å². The number of hydrogen-bond donors (Lipinski definition) is 3. The number of allylic oxidation sites excluding steroid dienone is 2. The number of carbonyl (C=O) groups excluding carboxylic acids is 3. The van der Waals surface area contributed by atoms with E-state index in [0.717, 1.165) is 56.1 Å². The van der Waals surface area contributed by atoms with Gasteiger partial charge in [-0.2, -0.15) is 5.43 Å². The van der Waals surface area contributed by atoms with Gasteiger partial charge in [0.05, 0.1) is 38.8 Å². The van der Waals surface area contributed by atoms with E-state index in [1.165, 1.54) is 0 Å². The van der Waals surface area contributed by atoms with Gasteiger partial charge in [0.15, 0.2) is 12.8 Å². The summed E-state index contributed by atoms with van der Waals surface area (Å²) in [5.41, 5.74) is 6.48. The molecule has 13 nitrogen and oxygen atoms in total. The van der Waals surface area contributed by atoms with E-state index < -0.39 is 12.2 Å². The number of hydrazone groups is 1. The Labute approximate surface area is 286 Å². The molecule has 4 atom stereocenters. The van der Waals surface area contributed by atoms with Crippen LogP contribution in [0.1, 0.15) is 11.1 Å². The number of fused-ring (bicyclic) bond motifs is 2. The fraction of sp³-hybridized carbons (Fsp3) is 0.444. The van der Waals surface area contributed by atoms with E-state index in [1.54, 1.807) is 46.2 Å². The van der Waals surface area contributed by atoms with E-state index in [-0.39, 0.29) is 55.1 Å². The Balaban J connectivity index is 1.13. The molecule has 5 aliphatic rings. The molecule has 4 aliphatic heterocycles. The van der Waals surface area contributed by atoms with Crippen molar-refractivity contribution in [1.82, 2.24) is 35.5 Å². The second-order valence-corrected chi connectivity index (χ2v) is 13.3. The number of phenols is 1. The van der Waals surface area contributed by atoms with E-state index in [2.05, 4.69) is 38.7 Å². The zero-order chi connectivity index (χ0) is 33.9. The fourth-order valence-corrected chi connectivity index (χ4v) is 7.45. The number of piperazine rings is 1. The number of phenolic OH excluding ortho intramolecular Hbond substituents is 1. The van der Waals surface area contributed by atoms with Gasteiger partial charge in [-0.15, -0.1) is 4.68 Å². The highest BCUT2D eigenvalue weighted by Crippen LogP contribution is 2.31. The van der Waals surface area contributed by atoms with E-state index >= 15 is 0 Å². The Kier molecular flexibility index (Phi) is 9.65. The van der Waals surface area contributed by atoms with Crippen molar-refractivity contribution in [3.63, 3.8) is 0 Å². The number of nitrogens with one attached hydrogen (secondary N) is 2. The molecule has 0 radical (unpaired) electrons. The fourth-order valence-electron chi connectivity index (χ4n) is 7.45. The molecule has 0 saturated carbocycles. The van der Waals surface area contributed by atoms with Crippen molar-refractivity contribution in [2.24, 2.45) is 5.92 Å². The summed E-state index contributed by atoms with van der Waals surface area (Å²) in [7, 11) is 1.73. The van der Waals surface area contributed by atoms with Gasteiger partial charge in [-0.05, 0) is 28.8 Å². The largest absolute Gasteiger partial charge is 0.508 e. The zero-order valence-electron chi connectivity index (χ0n) is 27.9. The van der Waals surface area contributed by atoms with Crippen LogP contribution in [0.3, 0.4) is 0 Å². The maximum Gasteiger partial charge on any atom is 0.334 e. The van der Waals surface area contributed by atoms with Crippen LogP contribution in [0.4, 0.5) is 4.79 Å². The lowest BCUT2D eigenvalue weighted by Gasteiger charge is -2.54. The second kappa shape index (κ2) is 14.4. The molecular weight excluding hydrogens is 624 g/mol. The lowest BCUT2D eigenvalue weighted by atomic mass is 9.88. The van der Waals surface area contributed by atoms with Crippen molar-refractivity contribution in [2.45, 2.75) is 31.2 Å². The third kappa shape index (κ3) is 7.19. The van der Waals surface area contributed by atoms with Crippen LogP contribution in [0.25, 0.3) is 0 Å². The lowest BCUT2D eigenvalue weighted by Crippen LogP contribution is -2.76. The first-order valence-corrected chi connectivity index (χ1v) is 17.1. The molecule has 4 amide bonds. The molecule has 0 bridgehead atoms. The van der Waals surface area contributed by atoms with Crippen LogP contribution >= 0.6 is 0 Å². The predicted octanol–water partition coefficient (Wildman–Crippen LogP) is 0.787. The van der Waals surface area contributed by atoms with Crippen molar-refractivity contribution < 1.29 is 28.9 Å². The SMILES string of the molecule is CN1CC(=O)N2[C@@H](Cc3ccc(O)cc3)C(=O)N(CC3=CC=CC4N[N+](CCN5CCOCC5)=CC34)C[C@@H]2N1C(=O)NCc1ccccc1. The number of aromatic hydroxyl groups is 1. The second-order valence-electron chi connectivity index (χ2n) is 13.3. The van der Waals surface area contributed by atoms with Crippen LogP contribution < -0.4 is 10.7 Å². The average Bonchev–Trinajstić information content (AvgIpc) is 3.54. The summed E-state index contributed by atoms with van der Waals surface area (Å²) >= 11 is 0. The Morgan fingerprint density at radius 3 is 2.61 bits per heavy atom. The van der Waals surface area contributed by atoms with E-state index in [4.69, 9.17) is 4.74 Å². The van der Waals surface area contributed by atoms with Gasteiger partial charge in [-0.25, -0.2) is 14.8 Å². The van der Waals surface area contributed by atoms with E-state index in [9.17, 15) is 19.5 Å². The minimum atomic E-state index is -0.819. The first-order chi connectivity index (χ1) is 23.8. The smallest absolute Gasteiger partial charge is 0.334 e. The number of morpholine rings is 1. The summed E-state index contributed by atoms with van der Waals surface area (Å²) in [5, 5.41) is 16.1. The molecule has 0 aromatic heterocycles. The number of hydrogen-bond acceptors (Lipinski definition) is 8. The summed E-state index contributed by atoms with van der Waals surface area (Å²) in [6.07, 6.45) is 8.06. The normalized spacial score (nSPS) is 25.8. The molecule has 3 N–H and O–H groups in total. The highest BCUT2D eigenvalue weighted by Gasteiger charge is 2.51. The van der Waals surface area contributed by atoms with Crippen LogP contribution in [-0.4, -0.2) is 143 Å². The maximum absolute atomic E-state index is 14.4. The number of carbonyl (C=O) groups is 3. The summed E-state index contributed by atoms with van der Waals surface area (Å²) in [4.78, 5) is 47.8. The number of likely N-dealkylation sites (N-methyl/N-ethyl adjacent to an activating group) is 1. The zero-order valence-corrected chi connectivity index (χ0v) is 27.9. The average molecular weight is 670 g/mol. The van der Waals surface area contributed by atoms with Crippen LogP contribution in [0.2, 0.25) is 0 Å². The molecule has 3 fully saturated rings. The molecule has 258 valence electrons. The number of benzene rings is 2. The Morgan fingerprint density at radius 1 is 1.06 bits per heavy atom. The van der Waals surface area contributed by atoms with E-state index in [1.807, 2.05) is 41.3 Å². The van der Waals surface area contributed by atoms with Crippen molar-refractivity contribution in [3.05, 3.63) is 89.5 Å². The molecule has 7 rings (SSSR count). The summed E-state index contributed by atoms with van der Waals surface area (Å²) < 4.78 is 7.66. The predicted molar refractivity (Wildman–Crippen MR) is 182 cm³/mol. The van der Waals surface area contributed by atoms with Gasteiger partial charge in [-0.3, -0.25) is 14.5 Å². The van der Waals surface area contributed by atoms with Gasteiger partial charge >= 0.3 is 6.03 Å². The van der Waals surface area contributed by atoms with Gasteiger partial charge in [-0.1, -0.05) is 60.7 Å². The third-order valence-electron chi connectivity index (χ3n) is 10.0. The monoisotopic (exact) mass is 669 g/mol. The maximum atomic E-state index is 14.4. The first-order valence-electron chi connectivity index (χ1n) is 17.1. The summed E-state index contributed by atoms with van der Waals surface area (Å²) in [5.74, 6) is -0.172. The van der Waals surface area contributed by atoms with Crippen LogP contribution in [0, 0.1) is 5.92 Å². The van der Waals surface area contributed by atoms with Gasteiger partial charge in [0, 0.05) is 39.6 Å². The Morgan fingerprint density at radius 2 is 1.84 bits per heavy atom. The van der Waals surface area contributed by atoms with Gasteiger partial charge in [0.25, 0.3) is 0 Å². The van der Waals surface area contributed by atoms with Gasteiger partial charge < -0.3 is 25.0 Å². The lowest BCUT2D eigenvalue weighted by molar-refractivity contribution is -0.578. The number of rotatable bonds is 9. The number of urea groups is 1. The van der Waals surface area contributed by atoms with Gasteiger partial charge in [0.2, 0.25) is 11.8 Å². The Bertz CT molecular complexity index is 1620. The van der Waals surface area contributed by atoms with Crippen molar-refractivity contribution >= 4 is 24.1 Å². The highest BCUT2D eigenvalue weighted by atomic mass is 16.5. The van der Waals surface area contributed by atoms with Crippen molar-refractivity contribution in [2.75, 3.05) is 66.1 Å². The summed E-state index contributed by atoms with van der Waals surface area (Å²) in [6.45, 7) is 6.01. The molecule has 49 heavy (non-hydrogen) atoms. The first kappa shape index (κ1) is 32.8. The molecule has 0 spiro atoms. The molecule has 4 heterocycles. The van der Waals surface area contributed by atoms with Gasteiger partial charge in [0.1, 0.15) is 24.0 Å². The molecule has 13 heteroatoms. The van der Waals surface area contributed by atoms with Crippen molar-refractivity contribution in [3.8, 4) is 5.75 Å². The van der Waals surface area contributed by atoms with Crippen LogP contribution in [0.15, 0.2) is 78.4 Å². The minimum absolute atomic E-state index is 0.0325. The molecule has 2 aromatic carbocycles. The molecule has 2 aromatic rings. The van der Waals surface area contributed by atoms with Crippen LogP contribution in [-0.2, 0) is 27.3 Å². The van der Waals surface area contributed by atoms with E-state index in [0.29, 0.717) is 13.1 Å². The topological polar surface area (TPSA) is 124 Å². The molecular formula is C36H45N8O5+. The minimum Gasteiger partial charge on any atom is -0.508 e. The third-order valence-corrected chi connectivity index (χ3v) is 10.0. The highest BCUT2D eigenvalue weighted by molar-refractivity contribution is 5.92. The molecule has 3 saturated heterocycles. The Hall–Kier alpha value is -4.72. The molecule has 1 aliphatic carbocycles.